The predicted molar refractivity (Wildman–Crippen MR) is 154 cm³/mol. The number of esters is 1. The maximum absolute atomic E-state index is 13.8. The SMILES string of the molecule is C=CCOc1ccc([C@@H]2C(C(=O)OCC)=C(C)N=c3s/c(=C\c4ccc(-c5ccccc5C(=O)O)o4)c(=O)n32)cc1. The molecule has 9 nitrogen and oxygen atoms in total. The average molecular weight is 571 g/mol. The van der Waals surface area contributed by atoms with Gasteiger partial charge in [0.05, 0.1) is 34.0 Å². The number of nitrogens with zero attached hydrogens (tertiary/aromatic N) is 2. The Kier molecular flexibility index (Phi) is 7.84. The minimum atomic E-state index is -1.07. The number of thiazole rings is 1. The summed E-state index contributed by atoms with van der Waals surface area (Å²) in [4.78, 5) is 43.6. The molecule has 2 aromatic heterocycles. The molecular formula is C31H26N2O7S. The van der Waals surface area contributed by atoms with Gasteiger partial charge in [-0.1, -0.05) is 54.3 Å². The third-order valence-corrected chi connectivity index (χ3v) is 7.39. The van der Waals surface area contributed by atoms with Crippen LogP contribution in [-0.4, -0.2) is 34.8 Å². The van der Waals surface area contributed by atoms with Crippen LogP contribution in [0.4, 0.5) is 0 Å². The minimum absolute atomic E-state index is 0.107. The average Bonchev–Trinajstić information content (AvgIpc) is 3.55. The van der Waals surface area contributed by atoms with E-state index < -0.39 is 18.0 Å². The van der Waals surface area contributed by atoms with Crippen LogP contribution in [0.3, 0.4) is 0 Å². The Hall–Kier alpha value is -4.96. The monoisotopic (exact) mass is 570 g/mol. The zero-order valence-corrected chi connectivity index (χ0v) is 23.1. The van der Waals surface area contributed by atoms with Gasteiger partial charge < -0.3 is 19.0 Å². The number of carboxylic acids is 1. The van der Waals surface area contributed by atoms with Crippen LogP contribution >= 0.6 is 11.3 Å². The van der Waals surface area contributed by atoms with Crippen LogP contribution in [0.1, 0.15) is 41.6 Å². The lowest BCUT2D eigenvalue weighted by Crippen LogP contribution is -2.39. The summed E-state index contributed by atoms with van der Waals surface area (Å²) in [6.07, 6.45) is 3.23. The number of carboxylic acid groups (broad SMARTS) is 1. The predicted octanol–water partition coefficient (Wildman–Crippen LogP) is 4.32. The highest BCUT2D eigenvalue weighted by molar-refractivity contribution is 7.07. The number of hydrogen-bond donors (Lipinski definition) is 1. The van der Waals surface area contributed by atoms with Crippen molar-refractivity contribution in [2.24, 2.45) is 4.99 Å². The fourth-order valence-corrected chi connectivity index (χ4v) is 5.62. The largest absolute Gasteiger partial charge is 0.490 e. The first-order valence-electron chi connectivity index (χ1n) is 12.8. The summed E-state index contributed by atoms with van der Waals surface area (Å²) in [5.41, 5.74) is 1.59. The van der Waals surface area contributed by atoms with E-state index in [1.807, 2.05) is 0 Å². The fraction of sp³-hybridized carbons (Fsp3) is 0.161. The van der Waals surface area contributed by atoms with E-state index in [0.717, 1.165) is 0 Å². The lowest BCUT2D eigenvalue weighted by molar-refractivity contribution is -0.139. The molecule has 1 aliphatic heterocycles. The van der Waals surface area contributed by atoms with Crippen molar-refractivity contribution in [1.29, 1.82) is 0 Å². The van der Waals surface area contributed by atoms with Crippen molar-refractivity contribution < 1.29 is 28.6 Å². The molecule has 0 radical (unpaired) electrons. The lowest BCUT2D eigenvalue weighted by atomic mass is 9.96. The molecule has 0 saturated carbocycles. The molecule has 10 heteroatoms. The van der Waals surface area contributed by atoms with E-state index in [1.54, 1.807) is 80.6 Å². The van der Waals surface area contributed by atoms with Gasteiger partial charge in [-0.25, -0.2) is 14.6 Å². The molecular weight excluding hydrogens is 544 g/mol. The molecule has 208 valence electrons. The standard InChI is InChI=1S/C31H26N2O7S/c1-4-16-39-20-12-10-19(11-13-20)27-26(30(37)38-5-2)18(3)32-31-33(27)28(34)25(41-31)17-21-14-15-24(40-21)22-8-6-7-9-23(22)29(35)36/h4,6-15,17,27H,1,5,16H2,2-3H3,(H,35,36)/b25-17-/t27-/m1/s1. The Bertz CT molecular complexity index is 1860. The van der Waals surface area contributed by atoms with E-state index in [1.165, 1.54) is 22.0 Å². The van der Waals surface area contributed by atoms with Gasteiger partial charge in [-0.3, -0.25) is 9.36 Å². The number of fused-ring (bicyclic) bond motifs is 1. The summed E-state index contributed by atoms with van der Waals surface area (Å²) in [6, 6.07) is 16.2. The molecule has 0 fully saturated rings. The van der Waals surface area contributed by atoms with Gasteiger partial charge in [0, 0.05) is 11.6 Å². The number of benzene rings is 2. The number of carbonyl (C=O) groups is 2. The van der Waals surface area contributed by atoms with Crippen molar-refractivity contribution in [3.63, 3.8) is 0 Å². The van der Waals surface area contributed by atoms with Gasteiger partial charge in [-0.15, -0.1) is 0 Å². The molecule has 4 aromatic rings. The Morgan fingerprint density at radius 2 is 1.90 bits per heavy atom. The molecule has 0 amide bonds. The molecule has 1 aliphatic rings. The number of rotatable bonds is 9. The zero-order valence-electron chi connectivity index (χ0n) is 22.3. The molecule has 3 heterocycles. The Morgan fingerprint density at radius 3 is 2.61 bits per heavy atom. The first-order chi connectivity index (χ1) is 19.8. The van der Waals surface area contributed by atoms with Gasteiger partial charge in [-0.2, -0.15) is 0 Å². The lowest BCUT2D eigenvalue weighted by Gasteiger charge is -2.24. The third kappa shape index (κ3) is 5.42. The van der Waals surface area contributed by atoms with Crippen LogP contribution in [0.15, 0.2) is 98.8 Å². The van der Waals surface area contributed by atoms with Crippen LogP contribution in [0.25, 0.3) is 17.4 Å². The van der Waals surface area contributed by atoms with E-state index in [4.69, 9.17) is 13.9 Å². The first kappa shape index (κ1) is 27.6. The molecule has 2 aromatic carbocycles. The van der Waals surface area contributed by atoms with E-state index in [-0.39, 0.29) is 23.3 Å². The number of ether oxygens (including phenoxy) is 2. The van der Waals surface area contributed by atoms with Gasteiger partial charge in [0.15, 0.2) is 4.80 Å². The summed E-state index contributed by atoms with van der Waals surface area (Å²) >= 11 is 1.17. The van der Waals surface area contributed by atoms with Crippen LogP contribution in [-0.2, 0) is 9.53 Å². The summed E-state index contributed by atoms with van der Waals surface area (Å²) < 4.78 is 18.7. The molecule has 0 saturated heterocycles. The molecule has 1 N–H and O–H groups in total. The molecule has 5 rings (SSSR count). The van der Waals surface area contributed by atoms with Gasteiger partial charge in [0.25, 0.3) is 5.56 Å². The summed E-state index contributed by atoms with van der Waals surface area (Å²) in [6.45, 7) is 7.61. The van der Waals surface area contributed by atoms with E-state index in [0.29, 0.717) is 50.0 Å². The quantitative estimate of drug-likeness (QED) is 0.235. The van der Waals surface area contributed by atoms with E-state index >= 15 is 0 Å². The first-order valence-corrected chi connectivity index (χ1v) is 13.6. The number of aromatic nitrogens is 1. The zero-order chi connectivity index (χ0) is 29.1. The second-order valence-corrected chi connectivity index (χ2v) is 10.0. The summed E-state index contributed by atoms with van der Waals surface area (Å²) in [7, 11) is 0. The molecule has 1 atom stereocenters. The third-order valence-electron chi connectivity index (χ3n) is 6.40. The Morgan fingerprint density at radius 1 is 1.15 bits per heavy atom. The second-order valence-electron chi connectivity index (χ2n) is 9.02. The van der Waals surface area contributed by atoms with Crippen molar-refractivity contribution in [2.75, 3.05) is 13.2 Å². The Balaban J connectivity index is 1.61. The van der Waals surface area contributed by atoms with Gasteiger partial charge in [-0.05, 0) is 49.7 Å². The summed E-state index contributed by atoms with van der Waals surface area (Å²) in [5.74, 6) is -0.267. The van der Waals surface area contributed by atoms with E-state index in [2.05, 4.69) is 11.6 Å². The molecule has 0 spiro atoms. The minimum Gasteiger partial charge on any atom is -0.490 e. The molecule has 0 unspecified atom stereocenters. The van der Waals surface area contributed by atoms with Crippen LogP contribution in [0.5, 0.6) is 5.75 Å². The van der Waals surface area contributed by atoms with Crippen LogP contribution in [0, 0.1) is 0 Å². The van der Waals surface area contributed by atoms with Gasteiger partial charge in [0.1, 0.15) is 23.9 Å². The highest BCUT2D eigenvalue weighted by Gasteiger charge is 2.33. The molecule has 41 heavy (non-hydrogen) atoms. The van der Waals surface area contributed by atoms with Crippen molar-refractivity contribution in [1.82, 2.24) is 4.57 Å². The normalized spacial score (nSPS) is 14.8. The second kappa shape index (κ2) is 11.6. The van der Waals surface area contributed by atoms with Gasteiger partial charge in [0.2, 0.25) is 0 Å². The van der Waals surface area contributed by atoms with Crippen molar-refractivity contribution in [2.45, 2.75) is 19.9 Å². The topological polar surface area (TPSA) is 120 Å². The van der Waals surface area contributed by atoms with Gasteiger partial charge >= 0.3 is 11.9 Å². The number of aromatic carboxylic acids is 1. The fourth-order valence-electron chi connectivity index (χ4n) is 4.60. The van der Waals surface area contributed by atoms with E-state index in [9.17, 15) is 19.5 Å². The molecule has 0 bridgehead atoms. The number of carbonyl (C=O) groups excluding carboxylic acids is 1. The maximum atomic E-state index is 13.8. The smallest absolute Gasteiger partial charge is 0.338 e. The van der Waals surface area contributed by atoms with Crippen LogP contribution < -0.4 is 19.6 Å². The maximum Gasteiger partial charge on any atom is 0.338 e. The highest BCUT2D eigenvalue weighted by atomic mass is 32.1. The van der Waals surface area contributed by atoms with Crippen molar-refractivity contribution in [3.05, 3.63) is 121 Å². The number of furan rings is 1. The highest BCUT2D eigenvalue weighted by Crippen LogP contribution is 2.32. The summed E-state index contributed by atoms with van der Waals surface area (Å²) in [5, 5.41) is 9.54. The Labute approximate surface area is 238 Å². The number of hydrogen-bond acceptors (Lipinski definition) is 8. The van der Waals surface area contributed by atoms with Crippen molar-refractivity contribution in [3.8, 4) is 17.1 Å². The molecule has 0 aliphatic carbocycles. The van der Waals surface area contributed by atoms with Crippen LogP contribution in [0.2, 0.25) is 0 Å². The number of allylic oxidation sites excluding steroid dienone is 1. The van der Waals surface area contributed by atoms with Crippen molar-refractivity contribution >= 4 is 29.4 Å².